The lowest BCUT2D eigenvalue weighted by molar-refractivity contribution is -0.135. The molecule has 0 radical (unpaired) electrons. The molecule has 0 heterocycles. The van der Waals surface area contributed by atoms with Crippen LogP contribution in [-0.4, -0.2) is 30.8 Å². The van der Waals surface area contributed by atoms with Gasteiger partial charge in [-0.2, -0.15) is 0 Å². The molecule has 6 nitrogen and oxygen atoms in total. The van der Waals surface area contributed by atoms with Crippen LogP contribution in [0, 0.1) is 5.82 Å². The molecule has 92 valence electrons. The third kappa shape index (κ3) is 3.98. The lowest BCUT2D eigenvalue weighted by atomic mass is 10.3. The minimum absolute atomic E-state index is 0.0905. The van der Waals surface area contributed by atoms with E-state index in [0.29, 0.717) is 5.75 Å². The molecule has 1 aromatic rings. The lowest BCUT2D eigenvalue weighted by Crippen LogP contribution is -2.33. The van der Waals surface area contributed by atoms with Crippen LogP contribution in [0.25, 0.3) is 0 Å². The van der Waals surface area contributed by atoms with Gasteiger partial charge >= 0.3 is 12.0 Å². The summed E-state index contributed by atoms with van der Waals surface area (Å²) in [5.41, 5.74) is -0.0905. The topological polar surface area (TPSA) is 87.7 Å². The van der Waals surface area contributed by atoms with Crippen molar-refractivity contribution in [1.82, 2.24) is 5.32 Å². The van der Waals surface area contributed by atoms with Gasteiger partial charge in [0.2, 0.25) is 0 Å². The van der Waals surface area contributed by atoms with Gasteiger partial charge in [-0.1, -0.05) is 0 Å². The Balaban J connectivity index is 2.67. The molecule has 0 aliphatic rings. The Morgan fingerprint density at radius 1 is 1.47 bits per heavy atom. The van der Waals surface area contributed by atoms with Crippen molar-refractivity contribution in [3.05, 3.63) is 24.0 Å². The second kappa shape index (κ2) is 5.69. The maximum Gasteiger partial charge on any atom is 0.323 e. The van der Waals surface area contributed by atoms with E-state index in [4.69, 9.17) is 9.84 Å². The number of amides is 2. The summed E-state index contributed by atoms with van der Waals surface area (Å²) in [4.78, 5) is 21.4. The molecule has 1 rings (SSSR count). The zero-order valence-electron chi connectivity index (χ0n) is 8.99. The maximum absolute atomic E-state index is 13.3. The molecular weight excluding hydrogens is 231 g/mol. The van der Waals surface area contributed by atoms with Crippen LogP contribution < -0.4 is 15.4 Å². The Morgan fingerprint density at radius 2 is 2.18 bits per heavy atom. The fraction of sp³-hybridized carbons (Fsp3) is 0.200. The highest BCUT2D eigenvalue weighted by Crippen LogP contribution is 2.20. The van der Waals surface area contributed by atoms with Gasteiger partial charge in [0.1, 0.15) is 18.1 Å². The van der Waals surface area contributed by atoms with E-state index in [9.17, 15) is 14.0 Å². The Bertz CT molecular complexity index is 436. The van der Waals surface area contributed by atoms with E-state index in [1.54, 1.807) is 0 Å². The summed E-state index contributed by atoms with van der Waals surface area (Å²) in [5, 5.41) is 12.5. The standard InChI is InChI=1S/C10H11FN2O4/c1-17-6-2-3-7(11)8(4-6)13-10(16)12-5-9(14)15/h2-4H,5H2,1H3,(H,14,15)(H2,12,13,16). The van der Waals surface area contributed by atoms with Crippen LogP contribution in [0.15, 0.2) is 18.2 Å². The van der Waals surface area contributed by atoms with Gasteiger partial charge in [0.05, 0.1) is 12.8 Å². The number of hydrogen-bond donors (Lipinski definition) is 3. The number of halogens is 1. The van der Waals surface area contributed by atoms with E-state index >= 15 is 0 Å². The van der Waals surface area contributed by atoms with Gasteiger partial charge in [-0.15, -0.1) is 0 Å². The number of hydrogen-bond acceptors (Lipinski definition) is 3. The molecule has 1 aromatic carbocycles. The molecule has 0 aliphatic carbocycles. The number of carboxylic acids is 1. The van der Waals surface area contributed by atoms with E-state index in [-0.39, 0.29) is 5.69 Å². The van der Waals surface area contributed by atoms with Gasteiger partial charge in [-0.05, 0) is 12.1 Å². The van der Waals surface area contributed by atoms with Gasteiger partial charge in [0.25, 0.3) is 0 Å². The minimum Gasteiger partial charge on any atom is -0.497 e. The number of aliphatic carboxylic acids is 1. The lowest BCUT2D eigenvalue weighted by Gasteiger charge is -2.08. The molecule has 0 saturated heterocycles. The molecule has 17 heavy (non-hydrogen) atoms. The number of anilines is 1. The Labute approximate surface area is 96.4 Å². The SMILES string of the molecule is COc1ccc(F)c(NC(=O)NCC(=O)O)c1. The molecule has 0 atom stereocenters. The van der Waals surface area contributed by atoms with Crippen LogP contribution in [0.4, 0.5) is 14.9 Å². The summed E-state index contributed by atoms with van der Waals surface area (Å²) in [5.74, 6) is -1.46. The smallest absolute Gasteiger partial charge is 0.323 e. The number of ether oxygens (including phenoxy) is 1. The van der Waals surface area contributed by atoms with Crippen LogP contribution in [0.1, 0.15) is 0 Å². The average Bonchev–Trinajstić information content (AvgIpc) is 2.29. The van der Waals surface area contributed by atoms with E-state index < -0.39 is 24.4 Å². The predicted molar refractivity (Wildman–Crippen MR) is 57.6 cm³/mol. The number of benzene rings is 1. The molecular formula is C10H11FN2O4. The monoisotopic (exact) mass is 242 g/mol. The summed E-state index contributed by atoms with van der Waals surface area (Å²) >= 11 is 0. The molecule has 0 saturated carbocycles. The maximum atomic E-state index is 13.3. The number of nitrogens with one attached hydrogen (secondary N) is 2. The molecule has 0 fully saturated rings. The quantitative estimate of drug-likeness (QED) is 0.736. The van der Waals surface area contributed by atoms with Gasteiger partial charge in [0.15, 0.2) is 0 Å². The number of rotatable bonds is 4. The van der Waals surface area contributed by atoms with Crippen molar-refractivity contribution in [2.75, 3.05) is 19.0 Å². The van der Waals surface area contributed by atoms with E-state index in [1.807, 2.05) is 5.32 Å². The van der Waals surface area contributed by atoms with Crippen LogP contribution >= 0.6 is 0 Å². The predicted octanol–water partition coefficient (Wildman–Crippen LogP) is 1.04. The van der Waals surface area contributed by atoms with E-state index in [1.165, 1.54) is 19.2 Å². The van der Waals surface area contributed by atoms with Crippen LogP contribution in [0.3, 0.4) is 0 Å². The van der Waals surface area contributed by atoms with Crippen molar-refractivity contribution >= 4 is 17.7 Å². The van der Waals surface area contributed by atoms with Crippen LogP contribution in [0.5, 0.6) is 5.75 Å². The molecule has 0 spiro atoms. The summed E-state index contributed by atoms with van der Waals surface area (Å²) in [7, 11) is 1.40. The molecule has 2 amide bonds. The van der Waals surface area contributed by atoms with Gasteiger partial charge in [0, 0.05) is 6.07 Å². The van der Waals surface area contributed by atoms with Crippen LogP contribution in [-0.2, 0) is 4.79 Å². The van der Waals surface area contributed by atoms with E-state index in [2.05, 4.69) is 5.32 Å². The number of urea groups is 1. The van der Waals surface area contributed by atoms with Gasteiger partial charge in [-0.3, -0.25) is 4.79 Å². The molecule has 0 aromatic heterocycles. The molecule has 0 unspecified atom stereocenters. The molecule has 7 heteroatoms. The number of methoxy groups -OCH3 is 1. The third-order valence-corrected chi connectivity index (χ3v) is 1.82. The van der Waals surface area contributed by atoms with Crippen molar-refractivity contribution in [2.24, 2.45) is 0 Å². The Hall–Kier alpha value is -2.31. The highest BCUT2D eigenvalue weighted by molar-refractivity contribution is 5.91. The second-order valence-corrected chi connectivity index (χ2v) is 3.05. The van der Waals surface area contributed by atoms with Gasteiger partial charge in [-0.25, -0.2) is 9.18 Å². The number of carbonyl (C=O) groups is 2. The second-order valence-electron chi connectivity index (χ2n) is 3.05. The van der Waals surface area contributed by atoms with Crippen molar-refractivity contribution in [3.63, 3.8) is 0 Å². The Morgan fingerprint density at radius 3 is 2.76 bits per heavy atom. The summed E-state index contributed by atoms with van der Waals surface area (Å²) in [6.45, 7) is -0.544. The molecule has 0 bridgehead atoms. The fourth-order valence-electron chi connectivity index (χ4n) is 1.05. The number of carbonyl (C=O) groups excluding carboxylic acids is 1. The first kappa shape index (κ1) is 12.8. The summed E-state index contributed by atoms with van der Waals surface area (Å²) in [6, 6.07) is 3.01. The van der Waals surface area contributed by atoms with Crippen LogP contribution in [0.2, 0.25) is 0 Å². The van der Waals surface area contributed by atoms with Crippen molar-refractivity contribution in [2.45, 2.75) is 0 Å². The summed E-state index contributed by atoms with van der Waals surface area (Å²) in [6.07, 6.45) is 0. The molecule has 0 aliphatic heterocycles. The van der Waals surface area contributed by atoms with Crippen molar-refractivity contribution < 1.29 is 23.8 Å². The first-order valence-electron chi connectivity index (χ1n) is 4.63. The highest BCUT2D eigenvalue weighted by Gasteiger charge is 2.08. The normalized spacial score (nSPS) is 9.53. The van der Waals surface area contributed by atoms with E-state index in [0.717, 1.165) is 6.07 Å². The summed E-state index contributed by atoms with van der Waals surface area (Å²) < 4.78 is 18.1. The van der Waals surface area contributed by atoms with Crippen molar-refractivity contribution in [3.8, 4) is 5.75 Å². The molecule has 3 N–H and O–H groups in total. The minimum atomic E-state index is -1.19. The highest BCUT2D eigenvalue weighted by atomic mass is 19.1. The number of carboxylic acid groups (broad SMARTS) is 1. The first-order chi connectivity index (χ1) is 8.02. The largest absolute Gasteiger partial charge is 0.497 e. The Kier molecular flexibility index (Phi) is 4.27. The fourth-order valence-corrected chi connectivity index (χ4v) is 1.05. The zero-order valence-corrected chi connectivity index (χ0v) is 8.99. The first-order valence-corrected chi connectivity index (χ1v) is 4.63. The van der Waals surface area contributed by atoms with Crippen molar-refractivity contribution in [1.29, 1.82) is 0 Å². The third-order valence-electron chi connectivity index (χ3n) is 1.82. The van der Waals surface area contributed by atoms with Gasteiger partial charge < -0.3 is 20.5 Å². The average molecular weight is 242 g/mol. The zero-order chi connectivity index (χ0) is 12.8.